The lowest BCUT2D eigenvalue weighted by Gasteiger charge is -2.30. The highest BCUT2D eigenvalue weighted by Crippen LogP contribution is 2.09. The van der Waals surface area contributed by atoms with Crippen LogP contribution in [0.2, 0.25) is 0 Å². The molecule has 1 fully saturated rings. The van der Waals surface area contributed by atoms with Gasteiger partial charge in [0.25, 0.3) is 0 Å². The zero-order chi connectivity index (χ0) is 19.8. The van der Waals surface area contributed by atoms with Crippen molar-refractivity contribution in [2.24, 2.45) is 10.9 Å². The van der Waals surface area contributed by atoms with Crippen molar-refractivity contribution in [2.75, 3.05) is 53.5 Å². The van der Waals surface area contributed by atoms with Crippen LogP contribution in [-0.4, -0.2) is 79.0 Å². The Morgan fingerprint density at radius 2 is 2.00 bits per heavy atom. The molecule has 1 aliphatic rings. The van der Waals surface area contributed by atoms with Gasteiger partial charge in [-0.2, -0.15) is 5.10 Å². The summed E-state index contributed by atoms with van der Waals surface area (Å²) in [6, 6.07) is 10.2. The third kappa shape index (κ3) is 7.27. The summed E-state index contributed by atoms with van der Waals surface area (Å²) in [5, 5.41) is 7.99. The van der Waals surface area contributed by atoms with Crippen LogP contribution in [0.5, 0.6) is 0 Å². The third-order valence-electron chi connectivity index (χ3n) is 4.93. The second-order valence-corrected chi connectivity index (χ2v) is 7.43. The summed E-state index contributed by atoms with van der Waals surface area (Å²) >= 11 is 0. The maximum atomic E-state index is 5.42. The minimum absolute atomic E-state index is 0. The number of aromatic nitrogens is 2. The molecule has 3 rings (SSSR count). The van der Waals surface area contributed by atoms with Crippen LogP contribution >= 0.6 is 24.0 Å². The van der Waals surface area contributed by atoms with Crippen molar-refractivity contribution in [1.82, 2.24) is 24.9 Å². The molecule has 1 atom stereocenters. The molecule has 29 heavy (non-hydrogen) atoms. The average molecular weight is 512 g/mol. The van der Waals surface area contributed by atoms with Gasteiger partial charge >= 0.3 is 0 Å². The average Bonchev–Trinajstić information content (AvgIpc) is 3.18. The molecule has 1 aromatic heterocycles. The number of guanidine groups is 1. The van der Waals surface area contributed by atoms with Gasteiger partial charge in [0.2, 0.25) is 0 Å². The van der Waals surface area contributed by atoms with Crippen LogP contribution in [0.25, 0.3) is 5.69 Å². The Morgan fingerprint density at radius 1 is 1.28 bits per heavy atom. The first-order valence-electron chi connectivity index (χ1n) is 9.96. The molecule has 0 aliphatic carbocycles. The number of ether oxygens (including phenoxy) is 1. The molecular formula is C21H33IN6O. The van der Waals surface area contributed by atoms with Crippen molar-refractivity contribution in [2.45, 2.75) is 13.5 Å². The summed E-state index contributed by atoms with van der Waals surface area (Å²) in [6.45, 7) is 8.78. The topological polar surface area (TPSA) is 57.9 Å². The molecule has 8 heteroatoms. The minimum Gasteiger partial charge on any atom is -0.379 e. The Morgan fingerprint density at radius 3 is 2.69 bits per heavy atom. The zero-order valence-corrected chi connectivity index (χ0v) is 20.0. The number of nitrogens with zero attached hydrogens (tertiary/aromatic N) is 5. The fourth-order valence-corrected chi connectivity index (χ4v) is 3.45. The second-order valence-electron chi connectivity index (χ2n) is 7.43. The van der Waals surface area contributed by atoms with Gasteiger partial charge in [-0.15, -0.1) is 24.0 Å². The largest absolute Gasteiger partial charge is 0.379 e. The number of para-hydroxylation sites is 1. The molecule has 7 nitrogen and oxygen atoms in total. The van der Waals surface area contributed by atoms with Crippen LogP contribution in [0.3, 0.4) is 0 Å². The van der Waals surface area contributed by atoms with E-state index in [1.54, 1.807) is 0 Å². The van der Waals surface area contributed by atoms with Crippen molar-refractivity contribution < 1.29 is 4.74 Å². The van der Waals surface area contributed by atoms with Crippen LogP contribution in [0.4, 0.5) is 0 Å². The Bertz CT molecular complexity index is 745. The van der Waals surface area contributed by atoms with E-state index >= 15 is 0 Å². The van der Waals surface area contributed by atoms with E-state index in [4.69, 9.17) is 4.74 Å². The molecule has 0 saturated carbocycles. The highest BCUT2D eigenvalue weighted by atomic mass is 127. The van der Waals surface area contributed by atoms with E-state index in [-0.39, 0.29) is 24.0 Å². The Hall–Kier alpha value is -1.65. The summed E-state index contributed by atoms with van der Waals surface area (Å²) in [5.41, 5.74) is 2.21. The maximum absolute atomic E-state index is 5.42. The number of rotatable bonds is 7. The van der Waals surface area contributed by atoms with Gasteiger partial charge in [0.1, 0.15) is 0 Å². The van der Waals surface area contributed by atoms with Gasteiger partial charge in [-0.05, 0) is 18.1 Å². The molecule has 1 N–H and O–H groups in total. The number of benzene rings is 1. The summed E-state index contributed by atoms with van der Waals surface area (Å²) in [5.74, 6) is 1.45. The van der Waals surface area contributed by atoms with Gasteiger partial charge in [0.15, 0.2) is 5.96 Å². The van der Waals surface area contributed by atoms with Crippen LogP contribution in [0.15, 0.2) is 47.7 Å². The lowest BCUT2D eigenvalue weighted by atomic mass is 10.1. The first-order valence-corrected chi connectivity index (χ1v) is 9.96. The summed E-state index contributed by atoms with van der Waals surface area (Å²) in [7, 11) is 3.89. The van der Waals surface area contributed by atoms with E-state index in [2.05, 4.69) is 57.5 Å². The minimum atomic E-state index is 0. The molecule has 160 valence electrons. The molecule has 1 aliphatic heterocycles. The molecule has 1 unspecified atom stereocenters. The van der Waals surface area contributed by atoms with Crippen molar-refractivity contribution >= 4 is 29.9 Å². The number of nitrogens with one attached hydrogen (secondary N) is 1. The fourth-order valence-electron chi connectivity index (χ4n) is 3.45. The fraction of sp³-hybridized carbons (Fsp3) is 0.524. The van der Waals surface area contributed by atoms with Gasteiger partial charge in [0.05, 0.1) is 25.1 Å². The van der Waals surface area contributed by atoms with Crippen LogP contribution in [0.1, 0.15) is 12.5 Å². The SMILES string of the molecule is CN=C(NCC(C)CN1CCOCC1)N(C)Cc1cnn(-c2ccccc2)c1.I. The molecular weight excluding hydrogens is 479 g/mol. The predicted molar refractivity (Wildman–Crippen MR) is 128 cm³/mol. The number of hydrogen-bond donors (Lipinski definition) is 1. The number of hydrogen-bond acceptors (Lipinski definition) is 4. The second kappa shape index (κ2) is 12.1. The zero-order valence-electron chi connectivity index (χ0n) is 17.6. The molecule has 0 bridgehead atoms. The molecule has 2 aromatic rings. The highest BCUT2D eigenvalue weighted by molar-refractivity contribution is 14.0. The first kappa shape index (κ1) is 23.6. The molecule has 2 heterocycles. The maximum Gasteiger partial charge on any atom is 0.193 e. The first-order chi connectivity index (χ1) is 13.7. The standard InChI is InChI=1S/C21H32N6O.HI/c1-18(15-26-9-11-28-12-10-26)13-23-21(22-2)25(3)16-19-14-24-27(17-19)20-7-5-4-6-8-20;/h4-8,14,17-18H,9-13,15-16H2,1-3H3,(H,22,23);1H. The highest BCUT2D eigenvalue weighted by Gasteiger charge is 2.15. The molecule has 1 saturated heterocycles. The van der Waals surface area contributed by atoms with Crippen molar-refractivity contribution in [3.63, 3.8) is 0 Å². The Kier molecular flexibility index (Phi) is 9.89. The van der Waals surface area contributed by atoms with Crippen molar-refractivity contribution in [3.8, 4) is 5.69 Å². The van der Waals surface area contributed by atoms with E-state index in [1.807, 2.05) is 36.1 Å². The summed E-state index contributed by atoms with van der Waals surface area (Å²) < 4.78 is 7.33. The van der Waals surface area contributed by atoms with E-state index in [9.17, 15) is 0 Å². The lowest BCUT2D eigenvalue weighted by molar-refractivity contribution is 0.0320. The van der Waals surface area contributed by atoms with Crippen LogP contribution in [0, 0.1) is 5.92 Å². The molecule has 0 amide bonds. The van der Waals surface area contributed by atoms with Gasteiger partial charge in [-0.1, -0.05) is 25.1 Å². The summed E-state index contributed by atoms with van der Waals surface area (Å²) in [6.07, 6.45) is 3.98. The van der Waals surface area contributed by atoms with Crippen LogP contribution in [-0.2, 0) is 11.3 Å². The van der Waals surface area contributed by atoms with E-state index in [1.165, 1.54) is 0 Å². The van der Waals surface area contributed by atoms with E-state index in [0.29, 0.717) is 5.92 Å². The molecule has 1 aromatic carbocycles. The molecule has 0 spiro atoms. The van der Waals surface area contributed by atoms with Gasteiger partial charge in [-0.3, -0.25) is 9.89 Å². The Balaban J connectivity index is 0.00000300. The number of aliphatic imine (C=N–C) groups is 1. The van der Waals surface area contributed by atoms with Crippen molar-refractivity contribution in [1.29, 1.82) is 0 Å². The quantitative estimate of drug-likeness (QED) is 0.351. The van der Waals surface area contributed by atoms with E-state index < -0.39 is 0 Å². The lowest BCUT2D eigenvalue weighted by Crippen LogP contribution is -2.44. The number of halogens is 1. The predicted octanol–water partition coefficient (Wildman–Crippen LogP) is 2.47. The monoisotopic (exact) mass is 512 g/mol. The van der Waals surface area contributed by atoms with Crippen molar-refractivity contribution in [3.05, 3.63) is 48.3 Å². The van der Waals surface area contributed by atoms with Crippen LogP contribution < -0.4 is 5.32 Å². The third-order valence-corrected chi connectivity index (χ3v) is 4.93. The smallest absolute Gasteiger partial charge is 0.193 e. The van der Waals surface area contributed by atoms with E-state index in [0.717, 1.165) is 63.1 Å². The van der Waals surface area contributed by atoms with Gasteiger partial charge in [0, 0.05) is 58.6 Å². The van der Waals surface area contributed by atoms with Gasteiger partial charge in [-0.25, -0.2) is 4.68 Å². The van der Waals surface area contributed by atoms with Gasteiger partial charge < -0.3 is 15.0 Å². The summed E-state index contributed by atoms with van der Waals surface area (Å²) in [4.78, 5) is 9.04. The molecule has 0 radical (unpaired) electrons. The Labute approximate surface area is 191 Å². The normalized spacial score (nSPS) is 16.2. The number of morpholine rings is 1.